The summed E-state index contributed by atoms with van der Waals surface area (Å²) in [7, 11) is 0. The van der Waals surface area contributed by atoms with Gasteiger partial charge in [0.05, 0.1) is 0 Å². The summed E-state index contributed by atoms with van der Waals surface area (Å²) < 4.78 is 1.46. The first-order valence-electron chi connectivity index (χ1n) is 12.2. The Morgan fingerprint density at radius 1 is 0.833 bits per heavy atom. The van der Waals surface area contributed by atoms with Gasteiger partial charge in [-0.05, 0) is 0 Å². The molecule has 1 unspecified atom stereocenters. The van der Waals surface area contributed by atoms with Gasteiger partial charge in [0.2, 0.25) is 0 Å². The molecule has 36 heavy (non-hydrogen) atoms. The fourth-order valence-electron chi connectivity index (χ4n) is 4.05. The Balaban J connectivity index is 0.000000267. The van der Waals surface area contributed by atoms with E-state index in [1.165, 1.54) is 73.0 Å². The monoisotopic (exact) mass is 592 g/mol. The summed E-state index contributed by atoms with van der Waals surface area (Å²) >= 11 is 1.51. The molecule has 0 heterocycles. The van der Waals surface area contributed by atoms with Gasteiger partial charge in [0.1, 0.15) is 0 Å². The van der Waals surface area contributed by atoms with Crippen molar-refractivity contribution in [3.05, 3.63) is 114 Å². The maximum absolute atomic E-state index is 3.40. The Morgan fingerprint density at radius 2 is 1.33 bits per heavy atom. The molecule has 0 radical (unpaired) electrons. The molecular weight excluding hydrogens is 558 g/mol. The summed E-state index contributed by atoms with van der Waals surface area (Å²) in [4.78, 5) is 0. The summed E-state index contributed by atoms with van der Waals surface area (Å²) in [6, 6.07) is 29.7. The van der Waals surface area contributed by atoms with Gasteiger partial charge in [-0.25, -0.2) is 6.08 Å². The number of benzene rings is 3. The molecule has 1 aliphatic rings. The minimum Gasteiger partial charge on any atom is -1.00 e. The van der Waals surface area contributed by atoms with Crippen molar-refractivity contribution in [2.45, 2.75) is 47.5 Å². The number of hydrogen-bond donors (Lipinski definition) is 0. The predicted molar refractivity (Wildman–Crippen MR) is 147 cm³/mol. The van der Waals surface area contributed by atoms with Crippen LogP contribution in [0.1, 0.15) is 53.0 Å². The van der Waals surface area contributed by atoms with Crippen molar-refractivity contribution in [3.8, 4) is 0 Å². The zero-order valence-electron chi connectivity index (χ0n) is 22.0. The molecule has 0 nitrogen and oxygen atoms in total. The van der Waals surface area contributed by atoms with Crippen LogP contribution in [0.5, 0.6) is 0 Å². The molecule has 0 fully saturated rings. The van der Waals surface area contributed by atoms with Gasteiger partial charge in [-0.3, -0.25) is 6.08 Å². The smallest absolute Gasteiger partial charge is 0.0771 e. The molecule has 0 saturated carbocycles. The number of fused-ring (bicyclic) bond motifs is 3. The fourth-order valence-corrected chi connectivity index (χ4v) is 4.46. The molecule has 1 aliphatic carbocycles. The molecule has 1 atom stereocenters. The maximum atomic E-state index is 3.40. The van der Waals surface area contributed by atoms with E-state index >= 15 is 0 Å². The van der Waals surface area contributed by atoms with Crippen molar-refractivity contribution < 1.29 is 49.0 Å². The molecule has 3 heteroatoms. The Hall–Kier alpha value is -1.66. The molecule has 0 aromatic heterocycles. The van der Waals surface area contributed by atoms with Crippen molar-refractivity contribution >= 4 is 24.8 Å². The van der Waals surface area contributed by atoms with E-state index < -0.39 is 0 Å². The van der Waals surface area contributed by atoms with Gasteiger partial charge in [-0.2, -0.15) is 11.6 Å². The van der Waals surface area contributed by atoms with Gasteiger partial charge < -0.3 is 24.8 Å². The number of halogens is 2. The maximum Gasteiger partial charge on any atom is -0.0771 e. The Bertz CT molecular complexity index is 1220. The van der Waals surface area contributed by atoms with E-state index in [2.05, 4.69) is 132 Å². The van der Waals surface area contributed by atoms with E-state index in [1.807, 2.05) is 6.07 Å². The third-order valence-corrected chi connectivity index (χ3v) is 6.74. The molecule has 4 aromatic rings. The second-order valence-corrected chi connectivity index (χ2v) is 11.7. The van der Waals surface area contributed by atoms with E-state index in [1.54, 1.807) is 0 Å². The van der Waals surface area contributed by atoms with E-state index in [0.29, 0.717) is 11.3 Å². The van der Waals surface area contributed by atoms with Crippen LogP contribution in [0.4, 0.5) is 0 Å². The molecule has 5 rings (SSSR count). The summed E-state index contributed by atoms with van der Waals surface area (Å²) in [5.41, 5.74) is 3.12. The van der Waals surface area contributed by atoms with E-state index in [0.717, 1.165) is 0 Å². The van der Waals surface area contributed by atoms with Crippen LogP contribution in [0.25, 0.3) is 21.5 Å². The molecule has 0 aliphatic heterocycles. The summed E-state index contributed by atoms with van der Waals surface area (Å²) in [6.07, 6.45) is 10.4. The van der Waals surface area contributed by atoms with E-state index in [9.17, 15) is 0 Å². The second kappa shape index (κ2) is 15.6. The van der Waals surface area contributed by atoms with Gasteiger partial charge >= 0.3 is 70.3 Å². The summed E-state index contributed by atoms with van der Waals surface area (Å²) in [5.74, 6) is 0.587. The first-order chi connectivity index (χ1) is 16.3. The zero-order chi connectivity index (χ0) is 24.6. The van der Waals surface area contributed by atoms with Gasteiger partial charge in [0, 0.05) is 0 Å². The van der Waals surface area contributed by atoms with Crippen molar-refractivity contribution in [1.82, 2.24) is 0 Å². The van der Waals surface area contributed by atoms with Crippen LogP contribution in [0, 0.1) is 17.4 Å². The molecule has 0 saturated heterocycles. The van der Waals surface area contributed by atoms with Gasteiger partial charge in [-0.1, -0.05) is 88.3 Å². The average molecular weight is 595 g/mol. The van der Waals surface area contributed by atoms with Crippen LogP contribution >= 0.6 is 0 Å². The molecule has 188 valence electrons. The largest absolute Gasteiger partial charge is 1.00 e. The predicted octanol–water partition coefficient (Wildman–Crippen LogP) is 3.24. The third-order valence-electron chi connectivity index (χ3n) is 6.03. The minimum absolute atomic E-state index is 0. The fraction of sp³-hybridized carbons (Fsp3) is 0.273. The standard InChI is InChI=1S/C13H9.C12H19.C8H8.2ClH.Zr/c1-3-7-12-10(5-1)9-11-6-2-4-8-13(11)12;1-5-6-10-7-8-11(9-10)12(2,3)4;1-2-8-6-4-3-5-7-8;;;/h1-9H;8-10H,5-6H2,1-4H3;3-7H,1H3;2*1H;/q2*-1;;;;+2/p-2. The third kappa shape index (κ3) is 9.33. The Labute approximate surface area is 245 Å². The minimum atomic E-state index is 0. The van der Waals surface area contributed by atoms with Gasteiger partial charge in [0.15, 0.2) is 0 Å². The molecule has 4 aromatic carbocycles. The normalized spacial score (nSPS) is 14.0. The summed E-state index contributed by atoms with van der Waals surface area (Å²) in [6.45, 7) is 11.2. The van der Waals surface area contributed by atoms with Crippen molar-refractivity contribution in [1.29, 1.82) is 0 Å². The first-order valence-corrected chi connectivity index (χ1v) is 13.5. The van der Waals surface area contributed by atoms with E-state index in [4.69, 9.17) is 0 Å². The number of rotatable bonds is 3. The van der Waals surface area contributed by atoms with Crippen LogP contribution < -0.4 is 24.8 Å². The van der Waals surface area contributed by atoms with Gasteiger partial charge in [0.25, 0.3) is 0 Å². The number of hydrogen-bond acceptors (Lipinski definition) is 0. The van der Waals surface area contributed by atoms with Crippen LogP contribution in [0.15, 0.2) is 103 Å². The molecule has 0 spiro atoms. The topological polar surface area (TPSA) is 0 Å². The Morgan fingerprint density at radius 3 is 1.75 bits per heavy atom. The van der Waals surface area contributed by atoms with Crippen molar-refractivity contribution in [2.24, 2.45) is 11.3 Å². The van der Waals surface area contributed by atoms with Crippen LogP contribution in [-0.2, 0) is 24.2 Å². The van der Waals surface area contributed by atoms with E-state index in [-0.39, 0.29) is 24.8 Å². The zero-order valence-corrected chi connectivity index (χ0v) is 26.0. The van der Waals surface area contributed by atoms with Crippen LogP contribution in [0.3, 0.4) is 0 Å². The molecule has 0 amide bonds. The quantitative estimate of drug-likeness (QED) is 0.320. The summed E-state index contributed by atoms with van der Waals surface area (Å²) in [5, 5.41) is 5.39. The molecular formula is C33H36Cl2Zr-2. The van der Waals surface area contributed by atoms with Crippen molar-refractivity contribution in [2.75, 3.05) is 0 Å². The van der Waals surface area contributed by atoms with Crippen LogP contribution in [-0.4, -0.2) is 3.21 Å². The first kappa shape index (κ1) is 32.4. The molecule has 0 N–H and O–H groups in total. The second-order valence-electron chi connectivity index (χ2n) is 9.89. The Kier molecular flexibility index (Phi) is 14.0. The van der Waals surface area contributed by atoms with Crippen molar-refractivity contribution in [3.63, 3.8) is 0 Å². The average Bonchev–Trinajstić information content (AvgIpc) is 3.46. The molecule has 0 bridgehead atoms. The number of allylic oxidation sites excluding steroid dienone is 4. The van der Waals surface area contributed by atoms with Gasteiger partial charge in [-0.15, -0.1) is 39.7 Å². The van der Waals surface area contributed by atoms with Crippen LogP contribution in [0.2, 0.25) is 0 Å². The SMILES string of the molecule is CCCC1[C-]=CC(C(C)(C)C)=C1.C[C](=[Zr+2])c1ccccc1.[Cl-].[Cl-].c1ccc2c(c1)[cH-]c1ccccc12.